The maximum Gasteiger partial charge on any atom is -0.00979 e. The van der Waals surface area contributed by atoms with Gasteiger partial charge < -0.3 is 0 Å². The van der Waals surface area contributed by atoms with Gasteiger partial charge in [-0.05, 0) is 50.7 Å². The molecule has 0 aliphatic rings. The summed E-state index contributed by atoms with van der Waals surface area (Å²) in [4.78, 5) is 0. The first kappa shape index (κ1) is 20.3. The molecule has 0 aliphatic heterocycles. The monoisotopic (exact) mass is 306 g/mol. The summed E-state index contributed by atoms with van der Waals surface area (Å²) in [6, 6.07) is 0. The average molecular weight is 307 g/mol. The van der Waals surface area contributed by atoms with E-state index in [0.29, 0.717) is 0 Å². The molecule has 0 spiro atoms. The molecule has 0 aromatic rings. The minimum atomic E-state index is 1.04. The molecule has 0 saturated carbocycles. The zero-order chi connectivity index (χ0) is 15.4. The van der Waals surface area contributed by atoms with Crippen LogP contribution in [0.15, 0.2) is 48.6 Å². The number of allylic oxidation sites excluding steroid dienone is 8. The van der Waals surface area contributed by atoms with E-state index in [2.05, 4.69) is 68.2 Å². The van der Waals surface area contributed by atoms with E-state index >= 15 is 0 Å². The predicted molar refractivity (Wildman–Crippen MR) is 102 cm³/mol. The van der Waals surface area contributed by atoms with Crippen LogP contribution in [0.5, 0.6) is 0 Å². The summed E-state index contributed by atoms with van der Waals surface area (Å²) in [5.41, 5.74) is 0. The van der Waals surface area contributed by atoms with Crippen LogP contribution in [-0.2, 0) is 0 Å². The summed E-state index contributed by atoms with van der Waals surface area (Å²) < 4.78 is 0. The van der Waals surface area contributed by atoms with Crippen molar-refractivity contribution < 1.29 is 0 Å². The second-order valence-electron chi connectivity index (χ2n) is 5.28. The lowest BCUT2D eigenvalue weighted by Gasteiger charge is -1.97. The summed E-state index contributed by atoms with van der Waals surface area (Å²) in [5.74, 6) is 1.04. The van der Waals surface area contributed by atoms with Crippen LogP contribution in [0.25, 0.3) is 0 Å². The van der Waals surface area contributed by atoms with Crippen LogP contribution in [0.4, 0.5) is 0 Å². The Hall–Kier alpha value is -0.690. The van der Waals surface area contributed by atoms with Gasteiger partial charge >= 0.3 is 0 Å². The van der Waals surface area contributed by atoms with E-state index < -0.39 is 0 Å². The second kappa shape index (κ2) is 19.3. The summed E-state index contributed by atoms with van der Waals surface area (Å²) in [5, 5.41) is 0. The smallest absolute Gasteiger partial charge is 0.00979 e. The fraction of sp³-hybridized carbons (Fsp3) is 0.600. The standard InChI is InChI=1S/C20H34S/c1-2-3-4-5-6-7-8-9-10-11-12-13-14-15-16-17-18-19-20-21/h3-4,6-7,9-10,12-13,21H,2,5,8,11,14-20H2,1H3/b4-3-,7-6-,10-9-,13-12-. The Morgan fingerprint density at radius 1 is 0.571 bits per heavy atom. The van der Waals surface area contributed by atoms with Crippen molar-refractivity contribution in [2.24, 2.45) is 0 Å². The minimum absolute atomic E-state index is 1.04. The summed E-state index contributed by atoms with van der Waals surface area (Å²) in [6.07, 6.45) is 30.3. The third-order valence-corrected chi connectivity index (χ3v) is 3.56. The maximum absolute atomic E-state index is 4.23. The van der Waals surface area contributed by atoms with Crippen molar-refractivity contribution in [2.75, 3.05) is 5.75 Å². The Morgan fingerprint density at radius 2 is 1.05 bits per heavy atom. The first-order valence-electron chi connectivity index (χ1n) is 8.62. The van der Waals surface area contributed by atoms with E-state index in [4.69, 9.17) is 0 Å². The van der Waals surface area contributed by atoms with E-state index in [1.165, 1.54) is 38.5 Å². The summed E-state index contributed by atoms with van der Waals surface area (Å²) >= 11 is 4.23. The van der Waals surface area contributed by atoms with Gasteiger partial charge in [0.2, 0.25) is 0 Å². The zero-order valence-electron chi connectivity index (χ0n) is 13.8. The average Bonchev–Trinajstić information content (AvgIpc) is 2.50. The topological polar surface area (TPSA) is 0 Å². The number of unbranched alkanes of at least 4 members (excludes halogenated alkanes) is 5. The lowest BCUT2D eigenvalue weighted by molar-refractivity contribution is 0.640. The van der Waals surface area contributed by atoms with Crippen molar-refractivity contribution in [3.8, 4) is 0 Å². The molecule has 0 nitrogen and oxygen atoms in total. The zero-order valence-corrected chi connectivity index (χ0v) is 14.7. The quantitative estimate of drug-likeness (QED) is 0.198. The van der Waals surface area contributed by atoms with Crippen molar-refractivity contribution in [3.05, 3.63) is 48.6 Å². The normalized spacial score (nSPS) is 12.7. The van der Waals surface area contributed by atoms with Gasteiger partial charge in [-0.15, -0.1) is 0 Å². The molecule has 0 fully saturated rings. The van der Waals surface area contributed by atoms with Crippen LogP contribution < -0.4 is 0 Å². The first-order valence-corrected chi connectivity index (χ1v) is 9.26. The molecule has 0 rings (SSSR count). The van der Waals surface area contributed by atoms with Crippen LogP contribution >= 0.6 is 12.6 Å². The SMILES string of the molecule is CC/C=C\C/C=C\C/C=C\C/C=C\CCCCCCCS. The van der Waals surface area contributed by atoms with E-state index in [1.807, 2.05) is 0 Å². The Morgan fingerprint density at radius 3 is 1.62 bits per heavy atom. The highest BCUT2D eigenvalue weighted by Crippen LogP contribution is 2.06. The summed E-state index contributed by atoms with van der Waals surface area (Å²) in [6.45, 7) is 2.17. The van der Waals surface area contributed by atoms with Gasteiger partial charge in [0, 0.05) is 0 Å². The van der Waals surface area contributed by atoms with Gasteiger partial charge in [-0.3, -0.25) is 0 Å². The minimum Gasteiger partial charge on any atom is -0.179 e. The van der Waals surface area contributed by atoms with Crippen molar-refractivity contribution in [2.45, 2.75) is 71.1 Å². The number of rotatable bonds is 14. The molecule has 0 aromatic heterocycles. The second-order valence-corrected chi connectivity index (χ2v) is 5.73. The van der Waals surface area contributed by atoms with Crippen LogP contribution in [0, 0.1) is 0 Å². The number of hydrogen-bond acceptors (Lipinski definition) is 1. The highest BCUT2D eigenvalue weighted by atomic mass is 32.1. The third-order valence-electron chi connectivity index (χ3n) is 3.25. The van der Waals surface area contributed by atoms with Gasteiger partial charge in [-0.25, -0.2) is 0 Å². The van der Waals surface area contributed by atoms with Crippen molar-refractivity contribution in [3.63, 3.8) is 0 Å². The fourth-order valence-electron chi connectivity index (χ4n) is 2.00. The number of thiol groups is 1. The maximum atomic E-state index is 4.23. The molecule has 0 N–H and O–H groups in total. The highest BCUT2D eigenvalue weighted by Gasteiger charge is 1.87. The molecule has 0 bridgehead atoms. The number of hydrogen-bond donors (Lipinski definition) is 1. The molecule has 0 heterocycles. The molecule has 21 heavy (non-hydrogen) atoms. The van der Waals surface area contributed by atoms with Gasteiger partial charge in [0.1, 0.15) is 0 Å². The lowest BCUT2D eigenvalue weighted by atomic mass is 10.1. The van der Waals surface area contributed by atoms with Crippen LogP contribution in [0.3, 0.4) is 0 Å². The van der Waals surface area contributed by atoms with Gasteiger partial charge in [-0.1, -0.05) is 74.8 Å². The van der Waals surface area contributed by atoms with Gasteiger partial charge in [0.25, 0.3) is 0 Å². The van der Waals surface area contributed by atoms with Crippen LogP contribution in [0.2, 0.25) is 0 Å². The highest BCUT2D eigenvalue weighted by molar-refractivity contribution is 7.80. The van der Waals surface area contributed by atoms with E-state index in [-0.39, 0.29) is 0 Å². The molecule has 0 atom stereocenters. The Bertz CT molecular complexity index is 297. The molecular formula is C20H34S. The molecule has 1 heteroatoms. The molecule has 0 radical (unpaired) electrons. The Kier molecular flexibility index (Phi) is 18.7. The lowest BCUT2D eigenvalue weighted by Crippen LogP contribution is -1.79. The Labute approximate surface area is 138 Å². The van der Waals surface area contributed by atoms with E-state index in [9.17, 15) is 0 Å². The van der Waals surface area contributed by atoms with Crippen molar-refractivity contribution in [1.29, 1.82) is 0 Å². The molecule has 0 aliphatic carbocycles. The summed E-state index contributed by atoms with van der Waals surface area (Å²) in [7, 11) is 0. The molecule has 0 aromatic carbocycles. The Balaban J connectivity index is 3.30. The van der Waals surface area contributed by atoms with Gasteiger partial charge in [0.15, 0.2) is 0 Å². The molecule has 0 amide bonds. The molecule has 0 saturated heterocycles. The first-order chi connectivity index (χ1) is 10.4. The van der Waals surface area contributed by atoms with Crippen molar-refractivity contribution >= 4 is 12.6 Å². The van der Waals surface area contributed by atoms with E-state index in [1.54, 1.807) is 0 Å². The van der Waals surface area contributed by atoms with Crippen molar-refractivity contribution in [1.82, 2.24) is 0 Å². The largest absolute Gasteiger partial charge is 0.179 e. The molecule has 0 unspecified atom stereocenters. The van der Waals surface area contributed by atoms with Gasteiger partial charge in [-0.2, -0.15) is 12.6 Å². The van der Waals surface area contributed by atoms with Crippen LogP contribution in [-0.4, -0.2) is 5.75 Å². The fourth-order valence-corrected chi connectivity index (χ4v) is 2.23. The van der Waals surface area contributed by atoms with E-state index in [0.717, 1.165) is 31.4 Å². The van der Waals surface area contributed by atoms with Crippen LogP contribution in [0.1, 0.15) is 71.1 Å². The molecule has 120 valence electrons. The molecular weight excluding hydrogens is 272 g/mol. The third kappa shape index (κ3) is 19.3. The van der Waals surface area contributed by atoms with Gasteiger partial charge in [0.05, 0.1) is 0 Å². The predicted octanol–water partition coefficient (Wildman–Crippen LogP) is 7.06.